The monoisotopic (exact) mass is 833 g/mol. The number of carbonyl (C=O) groups excluding carboxylic acids is 3. The molecule has 20 nitrogen and oxygen atoms in total. The number of nitrogens with one attached hydrogen (secondary N) is 7. The fraction of sp³-hybridized carbons (Fsp3) is 0.543. The Morgan fingerprint density at radius 3 is 2.25 bits per heavy atom. The molecule has 0 saturated carbocycles. The summed E-state index contributed by atoms with van der Waals surface area (Å²) in [4.78, 5) is 76.1. The molecule has 57 heavy (non-hydrogen) atoms. The number of amides is 3. The Balaban J connectivity index is 1.26. The second-order valence-electron chi connectivity index (χ2n) is 12.6. The Bertz CT molecular complexity index is 1750. The van der Waals surface area contributed by atoms with Crippen LogP contribution in [0.1, 0.15) is 48.2 Å². The molecule has 3 rings (SSSR count). The predicted molar refractivity (Wildman–Crippen MR) is 223 cm³/mol. The lowest BCUT2D eigenvalue weighted by Crippen LogP contribution is -2.41. The number of hydrogen-bond acceptors (Lipinski definition) is 17. The van der Waals surface area contributed by atoms with Gasteiger partial charge in [-0.2, -0.15) is 4.98 Å². The first-order valence-electron chi connectivity index (χ1n) is 18.7. The van der Waals surface area contributed by atoms with Gasteiger partial charge in [0.05, 0.1) is 24.5 Å². The molecule has 2 aromatic heterocycles. The second kappa shape index (κ2) is 27.1. The maximum atomic E-state index is 12.8. The third-order valence-corrected chi connectivity index (χ3v) is 10.5. The number of nitrogen functional groups attached to an aromatic ring is 1. The third kappa shape index (κ3) is 18.9. The zero-order chi connectivity index (χ0) is 41.3. The topological polar surface area (TPSA) is 320 Å². The number of aromatic amines is 1. The van der Waals surface area contributed by atoms with E-state index in [1.165, 1.54) is 29.1 Å². The van der Waals surface area contributed by atoms with E-state index in [1.807, 2.05) is 0 Å². The number of H-pyrrole nitrogens is 1. The van der Waals surface area contributed by atoms with Gasteiger partial charge in [-0.05, 0) is 82.7 Å². The maximum absolute atomic E-state index is 12.8. The fourth-order valence-electron chi connectivity index (χ4n) is 5.03. The number of rotatable bonds is 30. The van der Waals surface area contributed by atoms with Crippen molar-refractivity contribution in [3.8, 4) is 0 Å². The molecule has 2 unspecified atom stereocenters. The molecular formula is C35H55N13O7S2. The van der Waals surface area contributed by atoms with Gasteiger partial charge < -0.3 is 58.9 Å². The van der Waals surface area contributed by atoms with Crippen molar-refractivity contribution in [1.82, 2.24) is 46.5 Å². The second-order valence-corrected chi connectivity index (χ2v) is 15.3. The van der Waals surface area contributed by atoms with E-state index >= 15 is 0 Å². The first-order chi connectivity index (χ1) is 27.6. The van der Waals surface area contributed by atoms with E-state index < -0.39 is 23.5 Å². The Hall–Kier alpha value is -4.58. The van der Waals surface area contributed by atoms with E-state index in [9.17, 15) is 29.1 Å². The molecule has 2 heterocycles. The molecule has 0 fully saturated rings. The van der Waals surface area contributed by atoms with Gasteiger partial charge in [-0.15, -0.1) is 0 Å². The molecule has 0 bridgehead atoms. The summed E-state index contributed by atoms with van der Waals surface area (Å²) in [6.45, 7) is 5.32. The van der Waals surface area contributed by atoms with E-state index in [2.05, 4.69) is 51.8 Å². The van der Waals surface area contributed by atoms with Gasteiger partial charge in [0.2, 0.25) is 17.8 Å². The highest BCUT2D eigenvalue weighted by Gasteiger charge is 2.22. The minimum atomic E-state index is -1.27. The van der Waals surface area contributed by atoms with Gasteiger partial charge in [0, 0.05) is 48.8 Å². The lowest BCUT2D eigenvalue weighted by Gasteiger charge is -2.19. The molecule has 1 aromatic carbocycles. The lowest BCUT2D eigenvalue weighted by atomic mass is 10.1. The number of aromatic nitrogens is 4. The minimum Gasteiger partial charge on any atom is -0.480 e. The SMILES string of the molecule is NCCCNCCC(CNCCCN)OCC(=O)NCCSSCCNC(=O)CCC(NC(=O)c1ccc(NCc2cnc3nc(N)[nH]c(=O)c3n2)cc1)C(=O)O. The van der Waals surface area contributed by atoms with E-state index in [1.54, 1.807) is 22.9 Å². The minimum absolute atomic E-state index is 0.0279. The molecule has 3 aromatic rings. The van der Waals surface area contributed by atoms with Crippen LogP contribution < -0.4 is 54.7 Å². The van der Waals surface area contributed by atoms with Crippen LogP contribution in [0.4, 0.5) is 11.6 Å². The summed E-state index contributed by atoms with van der Waals surface area (Å²) in [6.07, 6.45) is 3.71. The number of ether oxygens (including phenoxy) is 1. The number of benzene rings is 1. The summed E-state index contributed by atoms with van der Waals surface area (Å²) in [7, 11) is 3.10. The number of hydrogen-bond donors (Lipinski definition) is 11. The summed E-state index contributed by atoms with van der Waals surface area (Å²) >= 11 is 0. The standard InChI is InChI=1S/C35H55N13O7S2/c36-10-1-12-39-14-9-26(21-40-13-2-11-37)55-22-29(50)42-16-18-57-56-17-15-41-28(49)8-7-27(34(53)54)46-32(51)23-3-5-24(6-4-23)43-19-25-20-44-31-30(45-25)33(52)48-35(38)47-31/h3-6,20,26-27,39-40,43H,1-2,7-19,21-22,36-37H2,(H,41,49)(H,42,50)(H,46,51)(H,53,54)(H3,38,44,47,48,52). The van der Waals surface area contributed by atoms with E-state index in [4.69, 9.17) is 21.9 Å². The van der Waals surface area contributed by atoms with Gasteiger partial charge in [-0.3, -0.25) is 24.2 Å². The van der Waals surface area contributed by atoms with Gasteiger partial charge in [-0.25, -0.2) is 14.8 Å². The summed E-state index contributed by atoms with van der Waals surface area (Å²) < 4.78 is 5.85. The van der Waals surface area contributed by atoms with Crippen molar-refractivity contribution < 1.29 is 29.0 Å². The number of carboxylic acids is 1. The highest BCUT2D eigenvalue weighted by Crippen LogP contribution is 2.19. The highest BCUT2D eigenvalue weighted by atomic mass is 33.1. The fourth-order valence-corrected chi connectivity index (χ4v) is 6.84. The molecule has 0 aliphatic heterocycles. The molecule has 0 aliphatic rings. The number of fused-ring (bicyclic) bond motifs is 1. The van der Waals surface area contributed by atoms with Crippen molar-refractivity contribution in [2.24, 2.45) is 11.5 Å². The van der Waals surface area contributed by atoms with E-state index in [0.29, 0.717) is 55.6 Å². The highest BCUT2D eigenvalue weighted by molar-refractivity contribution is 8.76. The van der Waals surface area contributed by atoms with Crippen molar-refractivity contribution in [3.05, 3.63) is 52.1 Å². The normalized spacial score (nSPS) is 12.2. The van der Waals surface area contributed by atoms with Crippen LogP contribution in [0.5, 0.6) is 0 Å². The zero-order valence-electron chi connectivity index (χ0n) is 31.8. The third-order valence-electron chi connectivity index (χ3n) is 8.05. The Labute approximate surface area is 338 Å². The summed E-state index contributed by atoms with van der Waals surface area (Å²) in [6, 6.07) is 5.06. The smallest absolute Gasteiger partial charge is 0.326 e. The average Bonchev–Trinajstić information content (AvgIpc) is 3.19. The number of nitrogens with zero attached hydrogens (tertiary/aromatic N) is 3. The quantitative estimate of drug-likeness (QED) is 0.0287. The molecule has 0 aliphatic carbocycles. The van der Waals surface area contributed by atoms with Crippen LogP contribution in [0.25, 0.3) is 11.2 Å². The Kier molecular flexibility index (Phi) is 22.3. The number of nitrogens with two attached hydrogens (primary N) is 3. The largest absolute Gasteiger partial charge is 0.480 e. The molecule has 14 N–H and O–H groups in total. The molecule has 0 spiro atoms. The van der Waals surface area contributed by atoms with Crippen LogP contribution in [0.2, 0.25) is 0 Å². The Morgan fingerprint density at radius 1 is 0.877 bits per heavy atom. The molecule has 22 heteroatoms. The van der Waals surface area contributed by atoms with Crippen molar-refractivity contribution in [2.45, 2.75) is 50.8 Å². The van der Waals surface area contributed by atoms with Gasteiger partial charge in [0.15, 0.2) is 11.2 Å². The van der Waals surface area contributed by atoms with E-state index in [0.717, 1.165) is 38.9 Å². The van der Waals surface area contributed by atoms with Crippen LogP contribution in [0, 0.1) is 0 Å². The van der Waals surface area contributed by atoms with Crippen molar-refractivity contribution in [3.63, 3.8) is 0 Å². The lowest BCUT2D eigenvalue weighted by molar-refractivity contribution is -0.139. The average molecular weight is 834 g/mol. The molecular weight excluding hydrogens is 779 g/mol. The molecule has 2 atom stereocenters. The van der Waals surface area contributed by atoms with Crippen molar-refractivity contribution in [1.29, 1.82) is 0 Å². The summed E-state index contributed by atoms with van der Waals surface area (Å²) in [5.74, 6) is -1.15. The molecule has 3 amide bonds. The van der Waals surface area contributed by atoms with Crippen LogP contribution >= 0.6 is 21.6 Å². The van der Waals surface area contributed by atoms with Crippen molar-refractivity contribution >= 4 is 68.1 Å². The first-order valence-corrected chi connectivity index (χ1v) is 21.2. The van der Waals surface area contributed by atoms with Crippen molar-refractivity contribution in [2.75, 3.05) is 81.5 Å². The van der Waals surface area contributed by atoms with Gasteiger partial charge in [-0.1, -0.05) is 21.6 Å². The number of carboxylic acid groups (broad SMARTS) is 1. The Morgan fingerprint density at radius 2 is 1.56 bits per heavy atom. The van der Waals surface area contributed by atoms with Gasteiger partial charge >= 0.3 is 5.97 Å². The zero-order valence-corrected chi connectivity index (χ0v) is 33.5. The number of carbonyl (C=O) groups is 4. The van der Waals surface area contributed by atoms with Gasteiger partial charge in [0.1, 0.15) is 12.6 Å². The first kappa shape index (κ1) is 46.8. The maximum Gasteiger partial charge on any atom is 0.326 e. The number of anilines is 2. The van der Waals surface area contributed by atoms with Gasteiger partial charge in [0.25, 0.3) is 11.5 Å². The van der Waals surface area contributed by atoms with Crippen LogP contribution in [-0.2, 0) is 25.7 Å². The van der Waals surface area contributed by atoms with Crippen LogP contribution in [0.15, 0.2) is 35.3 Å². The van der Waals surface area contributed by atoms with E-state index in [-0.39, 0.29) is 66.6 Å². The molecule has 314 valence electrons. The molecule has 0 saturated heterocycles. The van der Waals surface area contributed by atoms with Crippen LogP contribution in [0.3, 0.4) is 0 Å². The predicted octanol–water partition coefficient (Wildman–Crippen LogP) is -0.863. The molecule has 0 radical (unpaired) electrons. The van der Waals surface area contributed by atoms with Crippen LogP contribution in [-0.4, -0.2) is 131 Å². The summed E-state index contributed by atoms with van der Waals surface area (Å²) in [5, 5.41) is 27.5. The number of aliphatic carboxylic acids is 1. The summed E-state index contributed by atoms with van der Waals surface area (Å²) in [5.41, 5.74) is 17.6.